The fraction of sp³-hybridized carbons (Fsp3) is 0.0870. The summed E-state index contributed by atoms with van der Waals surface area (Å²) in [6.07, 6.45) is 0. The van der Waals surface area contributed by atoms with Gasteiger partial charge in [0, 0.05) is 12.6 Å². The van der Waals surface area contributed by atoms with E-state index < -0.39 is 17.5 Å². The molecule has 0 saturated carbocycles. The number of carbonyl (C=O) groups is 1. The van der Waals surface area contributed by atoms with Gasteiger partial charge in [-0.2, -0.15) is 0 Å². The molecule has 0 bridgehead atoms. The molecule has 0 radical (unpaired) electrons. The maximum atomic E-state index is 14.5. The molecule has 0 aliphatic carbocycles. The number of amides is 1. The lowest BCUT2D eigenvalue weighted by atomic mass is 9.90. The Labute approximate surface area is 186 Å². The van der Waals surface area contributed by atoms with Gasteiger partial charge in [-0.25, -0.2) is 14.3 Å². The first-order valence-corrected chi connectivity index (χ1v) is 10.4. The van der Waals surface area contributed by atoms with Crippen LogP contribution in [0.4, 0.5) is 8.78 Å². The number of hydrogen-bond donors (Lipinski definition) is 2. The fourth-order valence-corrected chi connectivity index (χ4v) is 4.20. The lowest BCUT2D eigenvalue weighted by molar-refractivity contribution is 0.0705. The molecule has 4 rings (SSSR count). The fourth-order valence-electron chi connectivity index (χ4n) is 3.39. The minimum Gasteiger partial charge on any atom is -0.308 e. The standard InChI is InChI=1S/C23H18F2N4O2S/c1-29-21(19(14-8-4-2-5-9-14)15-10-6-3-7-11-15)26-27-23(29)32-20-17(24)12-16(13-18(20)25)22(30)28-31/h2-13,19,31H,1H3,(H,28,30). The van der Waals surface area contributed by atoms with Crippen LogP contribution < -0.4 is 5.48 Å². The third-order valence-electron chi connectivity index (χ3n) is 4.95. The Balaban J connectivity index is 1.72. The number of halogens is 2. The Bertz CT molecular complexity index is 1190. The molecule has 6 nitrogen and oxygen atoms in total. The summed E-state index contributed by atoms with van der Waals surface area (Å²) in [6, 6.07) is 21.3. The summed E-state index contributed by atoms with van der Waals surface area (Å²) in [4.78, 5) is 11.1. The van der Waals surface area contributed by atoms with Crippen molar-refractivity contribution in [1.82, 2.24) is 20.2 Å². The number of hydroxylamine groups is 1. The molecule has 0 aliphatic heterocycles. The second kappa shape index (κ2) is 9.29. The summed E-state index contributed by atoms with van der Waals surface area (Å²) < 4.78 is 30.8. The Morgan fingerprint density at radius 3 is 2.00 bits per heavy atom. The Hall–Kier alpha value is -3.56. The predicted molar refractivity (Wildman–Crippen MR) is 115 cm³/mol. The van der Waals surface area contributed by atoms with Gasteiger partial charge in [-0.15, -0.1) is 10.2 Å². The van der Waals surface area contributed by atoms with Crippen molar-refractivity contribution in [2.75, 3.05) is 0 Å². The number of rotatable bonds is 6. The smallest absolute Gasteiger partial charge is 0.274 e. The van der Waals surface area contributed by atoms with Crippen molar-refractivity contribution < 1.29 is 18.8 Å². The Kier molecular flexibility index (Phi) is 6.29. The van der Waals surface area contributed by atoms with Gasteiger partial charge in [0.2, 0.25) is 0 Å². The zero-order chi connectivity index (χ0) is 22.7. The molecule has 3 aromatic carbocycles. The van der Waals surface area contributed by atoms with Gasteiger partial charge < -0.3 is 4.57 Å². The van der Waals surface area contributed by atoms with Gasteiger partial charge >= 0.3 is 0 Å². The molecule has 4 aromatic rings. The van der Waals surface area contributed by atoms with Gasteiger partial charge in [0.1, 0.15) is 17.5 Å². The molecule has 9 heteroatoms. The first kappa shape index (κ1) is 21.7. The molecule has 0 saturated heterocycles. The summed E-state index contributed by atoms with van der Waals surface area (Å²) in [5.74, 6) is -2.51. The highest BCUT2D eigenvalue weighted by Gasteiger charge is 2.25. The summed E-state index contributed by atoms with van der Waals surface area (Å²) in [5, 5.41) is 17.5. The van der Waals surface area contributed by atoms with Crippen LogP contribution in [0.5, 0.6) is 0 Å². The van der Waals surface area contributed by atoms with Crippen LogP contribution >= 0.6 is 11.8 Å². The largest absolute Gasteiger partial charge is 0.308 e. The van der Waals surface area contributed by atoms with Crippen LogP contribution in [0.1, 0.15) is 33.2 Å². The molecule has 0 unspecified atom stereocenters. The number of nitrogens with one attached hydrogen (secondary N) is 1. The maximum Gasteiger partial charge on any atom is 0.274 e. The van der Waals surface area contributed by atoms with Crippen LogP contribution in [0.3, 0.4) is 0 Å². The highest BCUT2D eigenvalue weighted by atomic mass is 32.2. The molecule has 0 atom stereocenters. The molecular weight excluding hydrogens is 434 g/mol. The molecule has 1 amide bonds. The monoisotopic (exact) mass is 452 g/mol. The highest BCUT2D eigenvalue weighted by Crippen LogP contribution is 2.35. The summed E-state index contributed by atoms with van der Waals surface area (Å²) in [7, 11) is 1.74. The number of hydrogen-bond acceptors (Lipinski definition) is 5. The molecular formula is C23H18F2N4O2S. The van der Waals surface area contributed by atoms with Gasteiger partial charge in [-0.3, -0.25) is 10.0 Å². The molecule has 1 heterocycles. The maximum absolute atomic E-state index is 14.5. The van der Waals surface area contributed by atoms with Gasteiger partial charge in [0.25, 0.3) is 5.91 Å². The second-order valence-electron chi connectivity index (χ2n) is 6.97. The molecule has 162 valence electrons. The molecule has 0 spiro atoms. The number of nitrogens with zero attached hydrogens (tertiary/aromatic N) is 3. The topological polar surface area (TPSA) is 80.0 Å². The van der Waals surface area contributed by atoms with Crippen molar-refractivity contribution in [2.24, 2.45) is 7.05 Å². The lowest BCUT2D eigenvalue weighted by Crippen LogP contribution is -2.19. The molecule has 1 aromatic heterocycles. The van der Waals surface area contributed by atoms with Crippen LogP contribution in [-0.2, 0) is 7.05 Å². The van der Waals surface area contributed by atoms with Gasteiger partial charge in [0.05, 0.1) is 10.8 Å². The average Bonchev–Trinajstić information content (AvgIpc) is 3.17. The van der Waals surface area contributed by atoms with E-state index in [-0.39, 0.29) is 21.5 Å². The van der Waals surface area contributed by atoms with Gasteiger partial charge in [0.15, 0.2) is 5.16 Å². The molecule has 2 N–H and O–H groups in total. The highest BCUT2D eigenvalue weighted by molar-refractivity contribution is 7.99. The normalized spacial score (nSPS) is 11.0. The number of aromatic nitrogens is 3. The van der Waals surface area contributed by atoms with E-state index in [4.69, 9.17) is 5.21 Å². The SMILES string of the molecule is Cn1c(Sc2c(F)cc(C(=O)NO)cc2F)nnc1C(c1ccccc1)c1ccccc1. The van der Waals surface area contributed by atoms with Crippen molar-refractivity contribution in [3.05, 3.63) is 107 Å². The van der Waals surface area contributed by atoms with E-state index in [1.165, 1.54) is 5.48 Å². The first-order valence-electron chi connectivity index (χ1n) is 9.60. The zero-order valence-electron chi connectivity index (χ0n) is 16.9. The van der Waals surface area contributed by atoms with Crippen LogP contribution in [0.15, 0.2) is 82.8 Å². The Morgan fingerprint density at radius 2 is 1.50 bits per heavy atom. The number of benzene rings is 3. The van der Waals surface area contributed by atoms with E-state index in [1.807, 2.05) is 60.7 Å². The molecule has 0 fully saturated rings. The number of carbonyl (C=O) groups excluding carboxylic acids is 1. The van der Waals surface area contributed by atoms with Crippen LogP contribution in [0.2, 0.25) is 0 Å². The van der Waals surface area contributed by atoms with Crippen molar-refractivity contribution in [3.8, 4) is 0 Å². The zero-order valence-corrected chi connectivity index (χ0v) is 17.7. The minimum absolute atomic E-state index is 0.227. The molecule has 32 heavy (non-hydrogen) atoms. The van der Waals surface area contributed by atoms with Crippen LogP contribution in [0.25, 0.3) is 0 Å². The van der Waals surface area contributed by atoms with Crippen LogP contribution in [0, 0.1) is 11.6 Å². The lowest BCUT2D eigenvalue weighted by Gasteiger charge is -2.17. The van der Waals surface area contributed by atoms with E-state index in [0.29, 0.717) is 5.82 Å². The van der Waals surface area contributed by atoms with E-state index in [0.717, 1.165) is 35.0 Å². The van der Waals surface area contributed by atoms with E-state index in [1.54, 1.807) is 11.6 Å². The van der Waals surface area contributed by atoms with Crippen molar-refractivity contribution in [3.63, 3.8) is 0 Å². The third kappa shape index (κ3) is 4.25. The predicted octanol–water partition coefficient (Wildman–Crippen LogP) is 4.54. The van der Waals surface area contributed by atoms with Crippen molar-refractivity contribution in [2.45, 2.75) is 16.0 Å². The molecule has 0 aliphatic rings. The second-order valence-corrected chi connectivity index (χ2v) is 7.94. The average molecular weight is 452 g/mol. The summed E-state index contributed by atoms with van der Waals surface area (Å²) in [6.45, 7) is 0. The van der Waals surface area contributed by atoms with Gasteiger partial charge in [-0.05, 0) is 35.0 Å². The van der Waals surface area contributed by atoms with E-state index in [9.17, 15) is 13.6 Å². The summed E-state index contributed by atoms with van der Waals surface area (Å²) in [5.41, 5.74) is 3.03. The van der Waals surface area contributed by atoms with Gasteiger partial charge in [-0.1, -0.05) is 60.7 Å². The first-order chi connectivity index (χ1) is 15.5. The van der Waals surface area contributed by atoms with E-state index in [2.05, 4.69) is 10.2 Å². The van der Waals surface area contributed by atoms with E-state index >= 15 is 0 Å². The Morgan fingerprint density at radius 1 is 0.969 bits per heavy atom. The van der Waals surface area contributed by atoms with Crippen molar-refractivity contribution >= 4 is 17.7 Å². The van der Waals surface area contributed by atoms with Crippen LogP contribution in [-0.4, -0.2) is 25.9 Å². The quantitative estimate of drug-likeness (QED) is 0.332. The minimum atomic E-state index is -1.01. The van der Waals surface area contributed by atoms with Crippen molar-refractivity contribution in [1.29, 1.82) is 0 Å². The summed E-state index contributed by atoms with van der Waals surface area (Å²) >= 11 is 0.769. The third-order valence-corrected chi connectivity index (χ3v) is 6.08.